The summed E-state index contributed by atoms with van der Waals surface area (Å²) >= 11 is 0. The summed E-state index contributed by atoms with van der Waals surface area (Å²) in [5.41, 5.74) is -0.367. The van der Waals surface area contributed by atoms with Crippen molar-refractivity contribution >= 4 is 33.0 Å². The molecular weight excluding hydrogens is 363 g/mol. The number of halogens is 1. The number of hydrogen-bond acceptors (Lipinski definition) is 5. The van der Waals surface area contributed by atoms with E-state index in [-0.39, 0.29) is 17.1 Å². The van der Waals surface area contributed by atoms with Crippen LogP contribution in [0.3, 0.4) is 0 Å². The fourth-order valence-corrected chi connectivity index (χ4v) is 3.21. The average Bonchev–Trinajstić information content (AvgIpc) is 2.50. The molecule has 1 aliphatic heterocycles. The number of ether oxygens (including phenoxy) is 1. The minimum atomic E-state index is -3.48. The van der Waals surface area contributed by atoms with Gasteiger partial charge in [-0.1, -0.05) is 0 Å². The molecule has 2 aromatic carbocycles. The predicted octanol–water partition coefficient (Wildman–Crippen LogP) is 2.74. The molecule has 138 valence electrons. The number of rotatable bonds is 3. The van der Waals surface area contributed by atoms with Crippen molar-refractivity contribution in [1.29, 1.82) is 0 Å². The summed E-state index contributed by atoms with van der Waals surface area (Å²) in [4.78, 5) is 14.1. The maximum atomic E-state index is 13.4. The Morgan fingerprint density at radius 1 is 1.19 bits per heavy atom. The van der Waals surface area contributed by atoms with Gasteiger partial charge in [0.15, 0.2) is 17.2 Å². The standard InChI is InChI=1S/C17H17FN2O5S/c1-17(2)16(22)20(11-5-6-12(18)14(21)9-11)13-7-4-10(8-15(13)25-17)19-26(3,23)24/h4-9,19,21H,1-3H3. The number of anilines is 3. The van der Waals surface area contributed by atoms with Crippen LogP contribution in [0.15, 0.2) is 36.4 Å². The van der Waals surface area contributed by atoms with E-state index < -0.39 is 33.1 Å². The van der Waals surface area contributed by atoms with Crippen molar-refractivity contribution in [3.63, 3.8) is 0 Å². The Labute approximate surface area is 150 Å². The molecule has 0 saturated carbocycles. The maximum absolute atomic E-state index is 13.4. The fourth-order valence-electron chi connectivity index (χ4n) is 2.65. The Hall–Kier alpha value is -2.81. The summed E-state index contributed by atoms with van der Waals surface area (Å²) in [5.74, 6) is -1.54. The molecule has 0 radical (unpaired) electrons. The van der Waals surface area contributed by atoms with Crippen LogP contribution < -0.4 is 14.4 Å². The Balaban J connectivity index is 2.14. The van der Waals surface area contributed by atoms with Gasteiger partial charge < -0.3 is 9.84 Å². The predicted molar refractivity (Wildman–Crippen MR) is 94.8 cm³/mol. The van der Waals surface area contributed by atoms with Crippen molar-refractivity contribution in [3.05, 3.63) is 42.2 Å². The van der Waals surface area contributed by atoms with Gasteiger partial charge in [0, 0.05) is 12.1 Å². The number of fused-ring (bicyclic) bond motifs is 1. The summed E-state index contributed by atoms with van der Waals surface area (Å²) in [6.45, 7) is 3.12. The number of aromatic hydroxyl groups is 1. The van der Waals surface area contributed by atoms with Gasteiger partial charge in [0.2, 0.25) is 10.0 Å². The SMILES string of the molecule is CC1(C)Oc2cc(NS(C)(=O)=O)ccc2N(c2ccc(F)c(O)c2)C1=O. The molecule has 0 aliphatic carbocycles. The van der Waals surface area contributed by atoms with Crippen molar-refractivity contribution in [3.8, 4) is 11.5 Å². The Morgan fingerprint density at radius 2 is 1.88 bits per heavy atom. The minimum Gasteiger partial charge on any atom is -0.505 e. The van der Waals surface area contributed by atoms with Crippen molar-refractivity contribution < 1.29 is 27.4 Å². The number of amides is 1. The maximum Gasteiger partial charge on any atom is 0.275 e. The molecule has 0 fully saturated rings. The number of nitrogens with zero attached hydrogens (tertiary/aromatic N) is 1. The smallest absolute Gasteiger partial charge is 0.275 e. The summed E-state index contributed by atoms with van der Waals surface area (Å²) in [7, 11) is -3.48. The third kappa shape index (κ3) is 3.30. The monoisotopic (exact) mass is 380 g/mol. The molecule has 2 aromatic rings. The number of hydrogen-bond donors (Lipinski definition) is 2. The molecule has 0 saturated heterocycles. The molecule has 7 nitrogen and oxygen atoms in total. The fraction of sp³-hybridized carbons (Fsp3) is 0.235. The van der Waals surface area contributed by atoms with Crippen LogP contribution in [0.2, 0.25) is 0 Å². The van der Waals surface area contributed by atoms with Gasteiger partial charge in [0.05, 0.1) is 23.3 Å². The number of carbonyl (C=O) groups is 1. The average molecular weight is 380 g/mol. The molecule has 0 unspecified atom stereocenters. The van der Waals surface area contributed by atoms with Crippen LogP contribution in [0.4, 0.5) is 21.5 Å². The number of benzene rings is 2. The van der Waals surface area contributed by atoms with Gasteiger partial charge in [-0.2, -0.15) is 0 Å². The Morgan fingerprint density at radius 3 is 2.50 bits per heavy atom. The molecule has 1 aliphatic rings. The van der Waals surface area contributed by atoms with E-state index >= 15 is 0 Å². The first kappa shape index (κ1) is 18.0. The molecule has 0 aromatic heterocycles. The van der Waals surface area contributed by atoms with Gasteiger partial charge in [-0.25, -0.2) is 12.8 Å². The molecule has 1 amide bonds. The first-order valence-electron chi connectivity index (χ1n) is 7.62. The van der Waals surface area contributed by atoms with Gasteiger partial charge in [-0.05, 0) is 38.1 Å². The van der Waals surface area contributed by atoms with E-state index in [4.69, 9.17) is 4.74 Å². The van der Waals surface area contributed by atoms with Crippen LogP contribution in [0, 0.1) is 5.82 Å². The van der Waals surface area contributed by atoms with Gasteiger partial charge in [-0.3, -0.25) is 14.4 Å². The number of nitrogens with one attached hydrogen (secondary N) is 1. The Kier molecular flexibility index (Phi) is 4.06. The molecule has 3 rings (SSSR count). The molecular formula is C17H17FN2O5S. The molecule has 2 N–H and O–H groups in total. The largest absolute Gasteiger partial charge is 0.505 e. The molecule has 0 atom stereocenters. The van der Waals surface area contributed by atoms with Gasteiger partial charge >= 0.3 is 0 Å². The van der Waals surface area contributed by atoms with Crippen molar-refractivity contribution in [2.75, 3.05) is 15.9 Å². The second-order valence-electron chi connectivity index (χ2n) is 6.45. The van der Waals surface area contributed by atoms with Crippen molar-refractivity contribution in [2.45, 2.75) is 19.4 Å². The summed E-state index contributed by atoms with van der Waals surface area (Å²) in [6.07, 6.45) is 1.02. The third-order valence-electron chi connectivity index (χ3n) is 3.78. The van der Waals surface area contributed by atoms with E-state index in [0.717, 1.165) is 18.4 Å². The van der Waals surface area contributed by atoms with E-state index in [0.29, 0.717) is 5.69 Å². The van der Waals surface area contributed by atoms with Crippen molar-refractivity contribution in [1.82, 2.24) is 0 Å². The van der Waals surface area contributed by atoms with Crippen LogP contribution in [0.25, 0.3) is 0 Å². The molecule has 0 spiro atoms. The zero-order valence-corrected chi connectivity index (χ0v) is 15.1. The van der Waals surface area contributed by atoms with Crippen LogP contribution in [-0.4, -0.2) is 31.3 Å². The lowest BCUT2D eigenvalue weighted by Crippen LogP contribution is -2.50. The van der Waals surface area contributed by atoms with Crippen LogP contribution in [0.5, 0.6) is 11.5 Å². The van der Waals surface area contributed by atoms with Gasteiger partial charge in [0.25, 0.3) is 5.91 Å². The Bertz CT molecular complexity index is 1000. The van der Waals surface area contributed by atoms with E-state index in [9.17, 15) is 22.7 Å². The molecule has 0 bridgehead atoms. The number of phenolic OH excluding ortho intramolecular Hbond substituents is 1. The molecule has 26 heavy (non-hydrogen) atoms. The zero-order valence-electron chi connectivity index (χ0n) is 14.3. The topological polar surface area (TPSA) is 95.9 Å². The summed E-state index contributed by atoms with van der Waals surface area (Å²) < 4.78 is 44.3. The van der Waals surface area contributed by atoms with Gasteiger partial charge in [0.1, 0.15) is 5.75 Å². The van der Waals surface area contributed by atoms with Crippen LogP contribution >= 0.6 is 0 Å². The second kappa shape index (κ2) is 5.87. The quantitative estimate of drug-likeness (QED) is 0.854. The van der Waals surface area contributed by atoms with Crippen LogP contribution in [0.1, 0.15) is 13.8 Å². The van der Waals surface area contributed by atoms with E-state index in [2.05, 4.69) is 4.72 Å². The zero-order chi connectivity index (χ0) is 19.3. The minimum absolute atomic E-state index is 0.260. The highest BCUT2D eigenvalue weighted by Crippen LogP contribution is 2.44. The highest BCUT2D eigenvalue weighted by Gasteiger charge is 2.42. The van der Waals surface area contributed by atoms with Crippen LogP contribution in [-0.2, 0) is 14.8 Å². The van der Waals surface area contributed by atoms with Gasteiger partial charge in [-0.15, -0.1) is 0 Å². The highest BCUT2D eigenvalue weighted by molar-refractivity contribution is 7.92. The first-order valence-corrected chi connectivity index (χ1v) is 9.51. The second-order valence-corrected chi connectivity index (χ2v) is 8.19. The lowest BCUT2D eigenvalue weighted by atomic mass is 10.0. The number of sulfonamides is 1. The van der Waals surface area contributed by atoms with E-state index in [1.807, 2.05) is 0 Å². The molecule has 1 heterocycles. The normalized spacial score (nSPS) is 16.0. The number of carbonyl (C=O) groups excluding carboxylic acids is 1. The highest BCUT2D eigenvalue weighted by atomic mass is 32.2. The summed E-state index contributed by atoms with van der Waals surface area (Å²) in [5, 5.41) is 9.65. The van der Waals surface area contributed by atoms with Crippen molar-refractivity contribution in [2.24, 2.45) is 0 Å². The van der Waals surface area contributed by atoms with E-state index in [1.165, 1.54) is 29.2 Å². The van der Waals surface area contributed by atoms with E-state index in [1.54, 1.807) is 13.8 Å². The third-order valence-corrected chi connectivity index (χ3v) is 4.38. The molecule has 9 heteroatoms. The number of phenols is 1. The lowest BCUT2D eigenvalue weighted by Gasteiger charge is -2.39. The summed E-state index contributed by atoms with van der Waals surface area (Å²) in [6, 6.07) is 8.00. The first-order chi connectivity index (χ1) is 12.0. The lowest BCUT2D eigenvalue weighted by molar-refractivity contribution is -0.131.